The van der Waals surface area contributed by atoms with Crippen molar-refractivity contribution in [3.8, 4) is 6.07 Å². The second-order valence-corrected chi connectivity index (χ2v) is 4.22. The normalized spacial score (nSPS) is 11.2. The van der Waals surface area contributed by atoms with Crippen LogP contribution in [0, 0.1) is 16.7 Å². The first-order chi connectivity index (χ1) is 9.77. The van der Waals surface area contributed by atoms with Crippen molar-refractivity contribution in [1.82, 2.24) is 5.32 Å². The molecule has 0 amide bonds. The highest BCUT2D eigenvalue weighted by molar-refractivity contribution is 6.17. The van der Waals surface area contributed by atoms with E-state index in [9.17, 15) is 5.26 Å². The molecule has 98 valence electrons. The molecule has 2 aromatic carbocycles. The first kappa shape index (κ1) is 13.6. The van der Waals surface area contributed by atoms with Crippen LogP contribution in [0.5, 0.6) is 0 Å². The zero-order valence-corrected chi connectivity index (χ0v) is 11.2. The van der Waals surface area contributed by atoms with Crippen molar-refractivity contribution in [2.75, 3.05) is 7.05 Å². The van der Waals surface area contributed by atoms with Crippen molar-refractivity contribution in [3.05, 3.63) is 77.4 Å². The number of allylic oxidation sites excluding steroid dienone is 1. The van der Waals surface area contributed by atoms with Gasteiger partial charge < -0.3 is 5.32 Å². The Morgan fingerprint density at radius 1 is 0.950 bits per heavy atom. The minimum Gasteiger partial charge on any atom is -0.387 e. The molecular formula is C17H15N3. The topological polar surface area (TPSA) is 59.7 Å². The highest BCUT2D eigenvalue weighted by atomic mass is 14.8. The largest absolute Gasteiger partial charge is 0.387 e. The Morgan fingerprint density at radius 3 is 1.90 bits per heavy atom. The molecule has 0 spiro atoms. The number of hydrogen-bond donors (Lipinski definition) is 2. The quantitative estimate of drug-likeness (QED) is 0.656. The van der Waals surface area contributed by atoms with Gasteiger partial charge in [-0.25, -0.2) is 0 Å². The SMILES string of the molecule is CN/C(=C(/C#N)C(=N)c1ccccc1)c1ccccc1. The summed E-state index contributed by atoms with van der Waals surface area (Å²) in [6.07, 6.45) is 0. The van der Waals surface area contributed by atoms with E-state index in [0.29, 0.717) is 11.3 Å². The maximum atomic E-state index is 9.43. The molecule has 0 aliphatic heterocycles. The van der Waals surface area contributed by atoms with Crippen LogP contribution in [0.25, 0.3) is 5.70 Å². The molecule has 2 rings (SSSR count). The third-order valence-electron chi connectivity index (χ3n) is 2.99. The van der Waals surface area contributed by atoms with Crippen LogP contribution in [-0.4, -0.2) is 12.8 Å². The van der Waals surface area contributed by atoms with E-state index in [0.717, 1.165) is 11.1 Å². The molecule has 0 bridgehead atoms. The lowest BCUT2D eigenvalue weighted by Crippen LogP contribution is -2.13. The van der Waals surface area contributed by atoms with Gasteiger partial charge in [0.05, 0.1) is 11.4 Å². The summed E-state index contributed by atoms with van der Waals surface area (Å²) in [6, 6.07) is 21.0. The molecule has 0 fully saturated rings. The van der Waals surface area contributed by atoms with E-state index in [2.05, 4.69) is 11.4 Å². The highest BCUT2D eigenvalue weighted by Crippen LogP contribution is 2.18. The molecule has 2 N–H and O–H groups in total. The van der Waals surface area contributed by atoms with Gasteiger partial charge in [-0.3, -0.25) is 5.41 Å². The summed E-state index contributed by atoms with van der Waals surface area (Å²) in [5.74, 6) is 0. The molecule has 0 aliphatic rings. The molecule has 0 radical (unpaired) electrons. The molecule has 2 aromatic rings. The van der Waals surface area contributed by atoms with Crippen LogP contribution in [0.1, 0.15) is 11.1 Å². The standard InChI is InChI=1S/C17H15N3/c1-20-17(14-10-6-3-7-11-14)15(12-18)16(19)13-8-4-2-5-9-13/h2-11,19-20H,1H3/b17-15-,19-16?. The summed E-state index contributed by atoms with van der Waals surface area (Å²) in [5, 5.41) is 20.7. The summed E-state index contributed by atoms with van der Waals surface area (Å²) < 4.78 is 0. The van der Waals surface area contributed by atoms with Crippen LogP contribution < -0.4 is 5.32 Å². The van der Waals surface area contributed by atoms with Crippen LogP contribution in [0.15, 0.2) is 66.2 Å². The van der Waals surface area contributed by atoms with Crippen molar-refractivity contribution < 1.29 is 0 Å². The van der Waals surface area contributed by atoms with E-state index in [1.165, 1.54) is 0 Å². The molecule has 0 aliphatic carbocycles. The molecule has 20 heavy (non-hydrogen) atoms. The minimum atomic E-state index is 0.223. The number of nitriles is 1. The molecule has 3 heteroatoms. The Kier molecular flexibility index (Phi) is 4.31. The average molecular weight is 261 g/mol. The molecule has 0 saturated heterocycles. The van der Waals surface area contributed by atoms with E-state index in [-0.39, 0.29) is 5.71 Å². The molecule has 0 unspecified atom stereocenters. The monoisotopic (exact) mass is 261 g/mol. The van der Waals surface area contributed by atoms with E-state index < -0.39 is 0 Å². The third kappa shape index (κ3) is 2.76. The van der Waals surface area contributed by atoms with Gasteiger partial charge in [-0.05, 0) is 5.56 Å². The molecule has 0 atom stereocenters. The van der Waals surface area contributed by atoms with E-state index >= 15 is 0 Å². The lowest BCUT2D eigenvalue weighted by molar-refractivity contribution is 1.12. The lowest BCUT2D eigenvalue weighted by Gasteiger charge is -2.11. The second-order valence-electron chi connectivity index (χ2n) is 4.22. The van der Waals surface area contributed by atoms with Gasteiger partial charge in [-0.15, -0.1) is 0 Å². The summed E-state index contributed by atoms with van der Waals surface area (Å²) in [6.45, 7) is 0. The Balaban J connectivity index is 2.52. The number of benzene rings is 2. The van der Waals surface area contributed by atoms with Gasteiger partial charge in [0.1, 0.15) is 11.6 Å². The number of rotatable bonds is 4. The van der Waals surface area contributed by atoms with Crippen molar-refractivity contribution in [3.63, 3.8) is 0 Å². The minimum absolute atomic E-state index is 0.223. The summed E-state index contributed by atoms with van der Waals surface area (Å²) in [7, 11) is 1.76. The predicted molar refractivity (Wildman–Crippen MR) is 81.3 cm³/mol. The molecule has 0 heterocycles. The summed E-state index contributed by atoms with van der Waals surface area (Å²) >= 11 is 0. The van der Waals surface area contributed by atoms with Gasteiger partial charge in [0.2, 0.25) is 0 Å². The molecule has 0 aromatic heterocycles. The van der Waals surface area contributed by atoms with Crippen LogP contribution >= 0.6 is 0 Å². The van der Waals surface area contributed by atoms with Crippen LogP contribution in [0.4, 0.5) is 0 Å². The Labute approximate surface area is 118 Å². The van der Waals surface area contributed by atoms with Crippen molar-refractivity contribution in [2.24, 2.45) is 0 Å². The molecule has 3 nitrogen and oxygen atoms in total. The van der Waals surface area contributed by atoms with Crippen LogP contribution in [0.3, 0.4) is 0 Å². The van der Waals surface area contributed by atoms with E-state index in [4.69, 9.17) is 5.41 Å². The number of nitrogens with zero attached hydrogens (tertiary/aromatic N) is 1. The highest BCUT2D eigenvalue weighted by Gasteiger charge is 2.14. The van der Waals surface area contributed by atoms with Crippen molar-refractivity contribution in [2.45, 2.75) is 0 Å². The Bertz CT molecular complexity index is 664. The third-order valence-corrected chi connectivity index (χ3v) is 2.99. The zero-order valence-electron chi connectivity index (χ0n) is 11.2. The van der Waals surface area contributed by atoms with Gasteiger partial charge in [0.25, 0.3) is 0 Å². The maximum absolute atomic E-state index is 9.43. The number of nitrogens with one attached hydrogen (secondary N) is 2. The lowest BCUT2D eigenvalue weighted by atomic mass is 9.98. The van der Waals surface area contributed by atoms with E-state index in [1.807, 2.05) is 60.7 Å². The fourth-order valence-electron chi connectivity index (χ4n) is 2.00. The van der Waals surface area contributed by atoms with Gasteiger partial charge in [0, 0.05) is 12.6 Å². The van der Waals surface area contributed by atoms with Gasteiger partial charge in [0.15, 0.2) is 0 Å². The van der Waals surface area contributed by atoms with E-state index in [1.54, 1.807) is 7.05 Å². The van der Waals surface area contributed by atoms with Crippen LogP contribution in [0.2, 0.25) is 0 Å². The Hall–Kier alpha value is -2.86. The summed E-state index contributed by atoms with van der Waals surface area (Å²) in [5.41, 5.74) is 2.85. The van der Waals surface area contributed by atoms with Gasteiger partial charge >= 0.3 is 0 Å². The summed E-state index contributed by atoms with van der Waals surface area (Å²) in [4.78, 5) is 0. The second kappa shape index (κ2) is 6.35. The maximum Gasteiger partial charge on any atom is 0.104 e. The predicted octanol–water partition coefficient (Wildman–Crippen LogP) is 3.21. The fraction of sp³-hybridized carbons (Fsp3) is 0.0588. The first-order valence-corrected chi connectivity index (χ1v) is 6.29. The van der Waals surface area contributed by atoms with Gasteiger partial charge in [-0.1, -0.05) is 60.7 Å². The van der Waals surface area contributed by atoms with Crippen molar-refractivity contribution in [1.29, 1.82) is 10.7 Å². The first-order valence-electron chi connectivity index (χ1n) is 6.29. The Morgan fingerprint density at radius 2 is 1.45 bits per heavy atom. The van der Waals surface area contributed by atoms with Crippen LogP contribution in [-0.2, 0) is 0 Å². The average Bonchev–Trinajstić information content (AvgIpc) is 2.53. The fourth-order valence-corrected chi connectivity index (χ4v) is 2.00. The zero-order chi connectivity index (χ0) is 14.4. The van der Waals surface area contributed by atoms with Gasteiger partial charge in [-0.2, -0.15) is 5.26 Å². The van der Waals surface area contributed by atoms with Crippen molar-refractivity contribution >= 4 is 11.4 Å². The molecular weight excluding hydrogens is 246 g/mol. The molecule has 0 saturated carbocycles. The smallest absolute Gasteiger partial charge is 0.104 e. The number of hydrogen-bond acceptors (Lipinski definition) is 3.